The summed E-state index contributed by atoms with van der Waals surface area (Å²) in [6, 6.07) is 9.96. The van der Waals surface area contributed by atoms with Gasteiger partial charge in [-0.15, -0.1) is 0 Å². The second-order valence-electron chi connectivity index (χ2n) is 7.14. The summed E-state index contributed by atoms with van der Waals surface area (Å²) in [7, 11) is 0. The summed E-state index contributed by atoms with van der Waals surface area (Å²) in [5.41, 5.74) is 9.26. The Bertz CT molecular complexity index is 928. The van der Waals surface area contributed by atoms with E-state index in [1.807, 2.05) is 24.4 Å². The molecule has 5 rings (SSSR count). The number of rotatable bonds is 1. The van der Waals surface area contributed by atoms with E-state index in [1.165, 1.54) is 5.56 Å². The Kier molecular flexibility index (Phi) is 3.14. The molecule has 4 N–H and O–H groups in total. The quantitative estimate of drug-likeness (QED) is 0.631. The van der Waals surface area contributed by atoms with Crippen LogP contribution in [0.5, 0.6) is 0 Å². The molecule has 0 bridgehead atoms. The van der Waals surface area contributed by atoms with Crippen molar-refractivity contribution in [1.29, 1.82) is 0 Å². The average molecular weight is 335 g/mol. The first kappa shape index (κ1) is 14.9. The first-order chi connectivity index (χ1) is 12.2. The highest BCUT2D eigenvalue weighted by Gasteiger charge is 2.51. The fraction of sp³-hybridized carbons (Fsp3) is 0.368. The minimum atomic E-state index is -0.523. The third-order valence-corrected chi connectivity index (χ3v) is 6.05. The Hall–Kier alpha value is -2.44. The number of nitrogens with one attached hydrogen (secondary N) is 1. The van der Waals surface area contributed by atoms with E-state index in [0.29, 0.717) is 0 Å². The van der Waals surface area contributed by atoms with Crippen LogP contribution in [-0.4, -0.2) is 39.3 Å². The van der Waals surface area contributed by atoms with Crippen LogP contribution in [0.25, 0.3) is 11.0 Å². The van der Waals surface area contributed by atoms with Crippen LogP contribution in [0.15, 0.2) is 42.9 Å². The van der Waals surface area contributed by atoms with E-state index in [9.17, 15) is 5.11 Å². The van der Waals surface area contributed by atoms with Gasteiger partial charge in [-0.2, -0.15) is 0 Å². The molecule has 2 aliphatic rings. The molecular weight excluding hydrogens is 314 g/mol. The zero-order valence-electron chi connectivity index (χ0n) is 13.9. The summed E-state index contributed by atoms with van der Waals surface area (Å²) in [6.07, 6.45) is 4.71. The first-order valence-corrected chi connectivity index (χ1v) is 8.77. The number of aliphatic hydroxyl groups is 1. The molecule has 0 radical (unpaired) electrons. The van der Waals surface area contributed by atoms with Crippen molar-refractivity contribution in [1.82, 2.24) is 15.0 Å². The van der Waals surface area contributed by atoms with Crippen LogP contribution in [0.2, 0.25) is 0 Å². The summed E-state index contributed by atoms with van der Waals surface area (Å²) in [4.78, 5) is 14.2. The second-order valence-corrected chi connectivity index (χ2v) is 7.14. The topological polar surface area (TPSA) is 91.1 Å². The van der Waals surface area contributed by atoms with Crippen molar-refractivity contribution in [3.63, 3.8) is 0 Å². The van der Waals surface area contributed by atoms with Crippen molar-refractivity contribution in [2.24, 2.45) is 5.73 Å². The molecule has 6 nitrogen and oxygen atoms in total. The maximum Gasteiger partial charge on any atom is 0.142 e. The average Bonchev–Trinajstić information content (AvgIpc) is 3.22. The van der Waals surface area contributed by atoms with E-state index in [0.717, 1.165) is 48.3 Å². The molecule has 2 atom stereocenters. The first-order valence-electron chi connectivity index (χ1n) is 8.77. The number of nitrogens with two attached hydrogens (primary N) is 1. The van der Waals surface area contributed by atoms with Gasteiger partial charge in [-0.05, 0) is 30.0 Å². The van der Waals surface area contributed by atoms with Crippen molar-refractivity contribution in [3.05, 3.63) is 54.0 Å². The zero-order chi connectivity index (χ0) is 17.0. The van der Waals surface area contributed by atoms with E-state index >= 15 is 0 Å². The summed E-state index contributed by atoms with van der Waals surface area (Å²) < 4.78 is 0. The van der Waals surface area contributed by atoms with Crippen molar-refractivity contribution in [2.75, 3.05) is 18.0 Å². The van der Waals surface area contributed by atoms with Gasteiger partial charge in [0.15, 0.2) is 0 Å². The number of aliphatic hydroxyl groups excluding tert-OH is 1. The lowest BCUT2D eigenvalue weighted by molar-refractivity contribution is 0.0583. The van der Waals surface area contributed by atoms with Gasteiger partial charge in [-0.25, -0.2) is 9.97 Å². The predicted octanol–water partition coefficient (Wildman–Crippen LogP) is 1.87. The molecule has 128 valence electrons. The highest BCUT2D eigenvalue weighted by atomic mass is 16.3. The van der Waals surface area contributed by atoms with Crippen molar-refractivity contribution >= 4 is 16.9 Å². The highest BCUT2D eigenvalue weighted by molar-refractivity contribution is 5.87. The van der Waals surface area contributed by atoms with E-state index in [4.69, 9.17) is 5.73 Å². The van der Waals surface area contributed by atoms with Crippen LogP contribution < -0.4 is 10.6 Å². The molecule has 0 amide bonds. The van der Waals surface area contributed by atoms with Gasteiger partial charge >= 0.3 is 0 Å². The summed E-state index contributed by atoms with van der Waals surface area (Å²) in [5.74, 6) is 0.964. The van der Waals surface area contributed by atoms with Crippen LogP contribution in [0, 0.1) is 0 Å². The van der Waals surface area contributed by atoms with Crippen LogP contribution in [0.1, 0.15) is 30.0 Å². The molecule has 0 saturated carbocycles. The normalized spacial score (nSPS) is 24.8. The molecule has 1 aliphatic carbocycles. The standard InChI is InChI=1S/C19H21N5O/c20-15-12-3-1-2-4-14(12)19(16(15)25)6-9-24(10-7-19)18-13-5-8-21-17(13)22-11-23-18/h1-5,8,11,15-16,25H,6-7,9-10,20H2,(H,21,22,23)/t15-,16+/m1/s1. The fourth-order valence-corrected chi connectivity index (χ4v) is 4.71. The number of nitrogens with zero attached hydrogens (tertiary/aromatic N) is 3. The zero-order valence-corrected chi connectivity index (χ0v) is 13.9. The van der Waals surface area contributed by atoms with Gasteiger partial charge in [0, 0.05) is 24.7 Å². The van der Waals surface area contributed by atoms with E-state index in [-0.39, 0.29) is 11.5 Å². The van der Waals surface area contributed by atoms with Crippen LogP contribution in [0.3, 0.4) is 0 Å². The molecule has 25 heavy (non-hydrogen) atoms. The Labute approximate surface area is 145 Å². The third kappa shape index (κ3) is 1.98. The molecular formula is C19H21N5O. The Morgan fingerprint density at radius 1 is 1.16 bits per heavy atom. The fourth-order valence-electron chi connectivity index (χ4n) is 4.71. The molecule has 1 fully saturated rings. The molecule has 6 heteroatoms. The summed E-state index contributed by atoms with van der Waals surface area (Å²) in [5, 5.41) is 12.0. The Balaban J connectivity index is 1.48. The van der Waals surface area contributed by atoms with Gasteiger partial charge < -0.3 is 20.7 Å². The molecule has 2 aromatic heterocycles. The lowest BCUT2D eigenvalue weighted by Gasteiger charge is -2.43. The van der Waals surface area contributed by atoms with Gasteiger partial charge in [-0.3, -0.25) is 0 Å². The maximum atomic E-state index is 10.9. The molecule has 1 spiro atoms. The number of aromatic nitrogens is 3. The van der Waals surface area contributed by atoms with Gasteiger partial charge in [0.1, 0.15) is 17.8 Å². The summed E-state index contributed by atoms with van der Waals surface area (Å²) in [6.45, 7) is 1.69. The molecule has 3 heterocycles. The number of anilines is 1. The van der Waals surface area contributed by atoms with E-state index < -0.39 is 6.10 Å². The van der Waals surface area contributed by atoms with Crippen molar-refractivity contribution < 1.29 is 5.11 Å². The lowest BCUT2D eigenvalue weighted by Crippen LogP contribution is -2.49. The third-order valence-electron chi connectivity index (χ3n) is 6.05. The molecule has 3 aromatic rings. The van der Waals surface area contributed by atoms with Crippen molar-refractivity contribution in [3.8, 4) is 0 Å². The minimum absolute atomic E-state index is 0.239. The van der Waals surface area contributed by atoms with E-state index in [1.54, 1.807) is 6.33 Å². The van der Waals surface area contributed by atoms with Crippen LogP contribution >= 0.6 is 0 Å². The number of aromatic amines is 1. The Morgan fingerprint density at radius 2 is 1.96 bits per heavy atom. The maximum absolute atomic E-state index is 10.9. The highest BCUT2D eigenvalue weighted by Crippen LogP contribution is 2.50. The number of piperidine rings is 1. The number of hydrogen-bond donors (Lipinski definition) is 3. The molecule has 1 aliphatic heterocycles. The molecule has 1 saturated heterocycles. The van der Waals surface area contributed by atoms with Crippen LogP contribution in [0.4, 0.5) is 5.82 Å². The van der Waals surface area contributed by atoms with Crippen LogP contribution in [-0.2, 0) is 5.41 Å². The second kappa shape index (κ2) is 5.28. The molecule has 0 unspecified atom stereocenters. The Morgan fingerprint density at radius 3 is 2.80 bits per heavy atom. The number of hydrogen-bond acceptors (Lipinski definition) is 5. The number of H-pyrrole nitrogens is 1. The number of benzene rings is 1. The molecule has 1 aromatic carbocycles. The predicted molar refractivity (Wildman–Crippen MR) is 96.4 cm³/mol. The minimum Gasteiger partial charge on any atom is -0.390 e. The SMILES string of the molecule is N[C@@H]1c2ccccc2C2(CCN(c3ncnc4[nH]ccc34)CC2)[C@H]1O. The summed E-state index contributed by atoms with van der Waals surface area (Å²) >= 11 is 0. The van der Waals surface area contributed by atoms with Gasteiger partial charge in [-0.1, -0.05) is 24.3 Å². The van der Waals surface area contributed by atoms with Gasteiger partial charge in [0.2, 0.25) is 0 Å². The largest absolute Gasteiger partial charge is 0.390 e. The van der Waals surface area contributed by atoms with Gasteiger partial charge in [0.25, 0.3) is 0 Å². The van der Waals surface area contributed by atoms with Gasteiger partial charge in [0.05, 0.1) is 17.5 Å². The lowest BCUT2D eigenvalue weighted by atomic mass is 9.72. The smallest absolute Gasteiger partial charge is 0.142 e. The monoisotopic (exact) mass is 335 g/mol. The number of fused-ring (bicyclic) bond motifs is 3. The van der Waals surface area contributed by atoms with Crippen molar-refractivity contribution in [2.45, 2.75) is 30.4 Å². The van der Waals surface area contributed by atoms with E-state index in [2.05, 4.69) is 32.0 Å².